The lowest BCUT2D eigenvalue weighted by molar-refractivity contribution is 0.0945. The highest BCUT2D eigenvalue weighted by atomic mass is 16.3. The third-order valence-corrected chi connectivity index (χ3v) is 3.68. The fourth-order valence-electron chi connectivity index (χ4n) is 2.56. The van der Waals surface area contributed by atoms with Crippen LogP contribution in [0.3, 0.4) is 0 Å². The van der Waals surface area contributed by atoms with Crippen LogP contribution in [0.25, 0.3) is 21.8 Å². The van der Waals surface area contributed by atoms with E-state index < -0.39 is 5.91 Å². The molecule has 0 radical (unpaired) electrons. The van der Waals surface area contributed by atoms with E-state index in [2.05, 4.69) is 10.3 Å². The summed E-state index contributed by atoms with van der Waals surface area (Å²) >= 11 is 0. The third-order valence-electron chi connectivity index (χ3n) is 3.68. The lowest BCUT2D eigenvalue weighted by atomic mass is 10.0. The minimum atomic E-state index is -0.406. The molecule has 0 bridgehead atoms. The fraction of sp³-hybridized carbons (Fsp3) is 0. The highest BCUT2D eigenvalue weighted by Gasteiger charge is 2.18. The van der Waals surface area contributed by atoms with Gasteiger partial charge in [0.1, 0.15) is 11.3 Å². The number of aromatic nitrogens is 3. The number of benzene rings is 3. The van der Waals surface area contributed by atoms with E-state index in [1.54, 1.807) is 30.3 Å². The molecule has 4 aromatic rings. The Hall–Kier alpha value is -3.21. The molecule has 0 saturated heterocycles. The van der Waals surface area contributed by atoms with Crippen LogP contribution in [0.2, 0.25) is 0 Å². The van der Waals surface area contributed by atoms with E-state index in [1.807, 2.05) is 30.3 Å². The first-order chi connectivity index (χ1) is 10.8. The van der Waals surface area contributed by atoms with Crippen LogP contribution in [0.15, 0.2) is 60.7 Å². The number of phenols is 1. The first kappa shape index (κ1) is 12.5. The number of hydrogen-bond donors (Lipinski definition) is 1. The third kappa shape index (κ3) is 1.76. The molecule has 22 heavy (non-hydrogen) atoms. The zero-order chi connectivity index (χ0) is 15.1. The van der Waals surface area contributed by atoms with Crippen molar-refractivity contribution in [1.29, 1.82) is 0 Å². The van der Waals surface area contributed by atoms with Crippen LogP contribution in [0, 0.1) is 0 Å². The monoisotopic (exact) mass is 289 g/mol. The standard InChI is InChI=1S/C17H11N3O2/c21-16-12-6-2-1-5-11(12)9-10-13(16)17(22)20-15-8-4-3-7-14(15)18-19-20/h1-10,21H. The van der Waals surface area contributed by atoms with Gasteiger partial charge in [0.2, 0.25) is 0 Å². The van der Waals surface area contributed by atoms with Crippen LogP contribution in [-0.2, 0) is 0 Å². The van der Waals surface area contributed by atoms with Crippen LogP contribution in [0.4, 0.5) is 0 Å². The lowest BCUT2D eigenvalue weighted by Crippen LogP contribution is -2.14. The maximum Gasteiger partial charge on any atom is 0.283 e. The SMILES string of the molecule is O=C(c1ccc2ccccc2c1O)n1nnc2ccccc21. The van der Waals surface area contributed by atoms with E-state index >= 15 is 0 Å². The molecule has 0 unspecified atom stereocenters. The average molecular weight is 289 g/mol. The van der Waals surface area contributed by atoms with Crippen molar-refractivity contribution < 1.29 is 9.90 Å². The van der Waals surface area contributed by atoms with E-state index in [-0.39, 0.29) is 11.3 Å². The predicted molar refractivity (Wildman–Crippen MR) is 82.9 cm³/mol. The molecule has 0 aliphatic heterocycles. The van der Waals surface area contributed by atoms with Gasteiger partial charge in [0.25, 0.3) is 5.91 Å². The zero-order valence-electron chi connectivity index (χ0n) is 11.5. The van der Waals surface area contributed by atoms with Gasteiger partial charge in [-0.3, -0.25) is 4.79 Å². The molecule has 0 saturated carbocycles. The second-order valence-electron chi connectivity index (χ2n) is 4.98. The second-order valence-corrected chi connectivity index (χ2v) is 4.98. The largest absolute Gasteiger partial charge is 0.506 e. The van der Waals surface area contributed by atoms with Crippen LogP contribution >= 0.6 is 0 Å². The number of carbonyl (C=O) groups is 1. The summed E-state index contributed by atoms with van der Waals surface area (Å²) in [5.74, 6) is -0.445. The molecule has 3 aromatic carbocycles. The number of nitrogens with zero attached hydrogens (tertiary/aromatic N) is 3. The van der Waals surface area contributed by atoms with Crippen LogP contribution in [0.1, 0.15) is 10.4 Å². The summed E-state index contributed by atoms with van der Waals surface area (Å²) in [6.07, 6.45) is 0. The fourth-order valence-corrected chi connectivity index (χ4v) is 2.56. The maximum atomic E-state index is 12.7. The van der Waals surface area contributed by atoms with Crippen molar-refractivity contribution >= 4 is 27.7 Å². The van der Waals surface area contributed by atoms with Crippen LogP contribution in [0.5, 0.6) is 5.75 Å². The van der Waals surface area contributed by atoms with E-state index in [0.29, 0.717) is 16.4 Å². The summed E-state index contributed by atoms with van der Waals surface area (Å²) in [6, 6.07) is 18.0. The number of phenolic OH excluding ortho intramolecular Hbond substituents is 1. The highest BCUT2D eigenvalue weighted by Crippen LogP contribution is 2.29. The van der Waals surface area contributed by atoms with Gasteiger partial charge in [-0.15, -0.1) is 5.10 Å². The first-order valence-electron chi connectivity index (χ1n) is 6.81. The maximum absolute atomic E-state index is 12.7. The Labute approximate surface area is 125 Å². The number of hydrogen-bond acceptors (Lipinski definition) is 4. The molecule has 106 valence electrons. The molecule has 0 spiro atoms. The number of carbonyl (C=O) groups excluding carboxylic acids is 1. The molecule has 5 nitrogen and oxygen atoms in total. The van der Waals surface area contributed by atoms with E-state index in [9.17, 15) is 9.90 Å². The molecule has 4 rings (SSSR count). The topological polar surface area (TPSA) is 68.0 Å². The van der Waals surface area contributed by atoms with Gasteiger partial charge >= 0.3 is 0 Å². The number of aromatic hydroxyl groups is 1. The molecular formula is C17H11N3O2. The van der Waals surface area contributed by atoms with E-state index in [0.717, 1.165) is 5.39 Å². The summed E-state index contributed by atoms with van der Waals surface area (Å²) in [5.41, 5.74) is 1.45. The summed E-state index contributed by atoms with van der Waals surface area (Å²) in [4.78, 5) is 12.7. The normalized spacial score (nSPS) is 11.1. The van der Waals surface area contributed by atoms with Crippen molar-refractivity contribution in [2.75, 3.05) is 0 Å². The zero-order valence-corrected chi connectivity index (χ0v) is 11.5. The number of rotatable bonds is 1. The van der Waals surface area contributed by atoms with Gasteiger partial charge in [-0.2, -0.15) is 4.68 Å². The van der Waals surface area contributed by atoms with Crippen molar-refractivity contribution in [3.63, 3.8) is 0 Å². The molecule has 1 heterocycles. The van der Waals surface area contributed by atoms with Crippen molar-refractivity contribution in [1.82, 2.24) is 15.0 Å². The molecule has 0 amide bonds. The molecule has 0 aliphatic rings. The van der Waals surface area contributed by atoms with E-state index in [1.165, 1.54) is 4.68 Å². The lowest BCUT2D eigenvalue weighted by Gasteiger charge is -2.07. The van der Waals surface area contributed by atoms with E-state index in [4.69, 9.17) is 0 Å². The Morgan fingerprint density at radius 2 is 1.73 bits per heavy atom. The molecule has 0 aliphatic carbocycles. The number of para-hydroxylation sites is 1. The summed E-state index contributed by atoms with van der Waals surface area (Å²) in [7, 11) is 0. The summed E-state index contributed by atoms with van der Waals surface area (Å²) in [5, 5.41) is 19.8. The summed E-state index contributed by atoms with van der Waals surface area (Å²) in [6.45, 7) is 0. The Bertz CT molecular complexity index is 1020. The molecule has 5 heteroatoms. The van der Waals surface area contributed by atoms with Crippen LogP contribution in [-0.4, -0.2) is 26.0 Å². The van der Waals surface area contributed by atoms with Crippen LogP contribution < -0.4 is 0 Å². The number of fused-ring (bicyclic) bond motifs is 2. The van der Waals surface area contributed by atoms with Crippen molar-refractivity contribution in [3.8, 4) is 5.75 Å². The van der Waals surface area contributed by atoms with Gasteiger partial charge in [0.05, 0.1) is 11.1 Å². The van der Waals surface area contributed by atoms with Gasteiger partial charge in [0, 0.05) is 5.39 Å². The van der Waals surface area contributed by atoms with Gasteiger partial charge in [0.15, 0.2) is 0 Å². The minimum Gasteiger partial charge on any atom is -0.506 e. The van der Waals surface area contributed by atoms with Gasteiger partial charge in [-0.25, -0.2) is 0 Å². The molecule has 0 fully saturated rings. The Kier molecular flexibility index (Phi) is 2.66. The van der Waals surface area contributed by atoms with Gasteiger partial charge in [-0.1, -0.05) is 47.7 Å². The average Bonchev–Trinajstić information content (AvgIpc) is 2.99. The summed E-state index contributed by atoms with van der Waals surface area (Å²) < 4.78 is 1.21. The molecule has 0 atom stereocenters. The smallest absolute Gasteiger partial charge is 0.283 e. The molecule has 1 aromatic heterocycles. The quantitative estimate of drug-likeness (QED) is 0.585. The second kappa shape index (κ2) is 4.66. The Balaban J connectivity index is 1.91. The first-order valence-corrected chi connectivity index (χ1v) is 6.81. The van der Waals surface area contributed by atoms with Gasteiger partial charge < -0.3 is 5.11 Å². The predicted octanol–water partition coefficient (Wildman–Crippen LogP) is 2.98. The Morgan fingerprint density at radius 3 is 2.64 bits per heavy atom. The molecule has 1 N–H and O–H groups in total. The van der Waals surface area contributed by atoms with Gasteiger partial charge in [-0.05, 0) is 23.6 Å². The van der Waals surface area contributed by atoms with Crippen molar-refractivity contribution in [2.45, 2.75) is 0 Å². The highest BCUT2D eigenvalue weighted by molar-refractivity contribution is 6.06. The molecular weight excluding hydrogens is 278 g/mol. The minimum absolute atomic E-state index is 0.0392. The Morgan fingerprint density at radius 1 is 0.955 bits per heavy atom. The van der Waals surface area contributed by atoms with Crippen molar-refractivity contribution in [3.05, 3.63) is 66.2 Å². The van der Waals surface area contributed by atoms with Crippen molar-refractivity contribution in [2.24, 2.45) is 0 Å².